The highest BCUT2D eigenvalue weighted by Gasteiger charge is 2.21. The van der Waals surface area contributed by atoms with E-state index in [0.717, 1.165) is 17.7 Å². The average molecular weight is 293 g/mol. The van der Waals surface area contributed by atoms with Crippen molar-refractivity contribution in [2.24, 2.45) is 0 Å². The van der Waals surface area contributed by atoms with Crippen molar-refractivity contribution in [2.45, 2.75) is 38.3 Å². The number of aryl methyl sites for hydroxylation is 1. The van der Waals surface area contributed by atoms with Crippen molar-refractivity contribution in [3.63, 3.8) is 0 Å². The zero-order chi connectivity index (χ0) is 14.8. The lowest BCUT2D eigenvalue weighted by atomic mass is 10.1. The Labute approximate surface area is 119 Å². The lowest BCUT2D eigenvalue weighted by Gasteiger charge is -2.13. The van der Waals surface area contributed by atoms with E-state index in [0.29, 0.717) is 0 Å². The van der Waals surface area contributed by atoms with Gasteiger partial charge in [-0.15, -0.1) is 0 Å². The zero-order valence-electron chi connectivity index (χ0n) is 11.9. The third-order valence-corrected chi connectivity index (χ3v) is 4.52. The number of sulfonamides is 1. The summed E-state index contributed by atoms with van der Waals surface area (Å²) in [5, 5.41) is 4.33. The number of hydrogen-bond acceptors (Lipinski definition) is 3. The van der Waals surface area contributed by atoms with E-state index in [4.69, 9.17) is 0 Å². The van der Waals surface area contributed by atoms with Gasteiger partial charge in [-0.3, -0.25) is 0 Å². The van der Waals surface area contributed by atoms with Crippen LogP contribution in [-0.4, -0.2) is 24.2 Å². The predicted octanol–water partition coefficient (Wildman–Crippen LogP) is 2.12. The summed E-state index contributed by atoms with van der Waals surface area (Å²) in [6.45, 7) is 5.61. The average Bonchev–Trinajstić information content (AvgIpc) is 2.87. The van der Waals surface area contributed by atoms with Crippen LogP contribution in [0.5, 0.6) is 0 Å². The predicted molar refractivity (Wildman–Crippen MR) is 78.4 cm³/mol. The second-order valence-corrected chi connectivity index (χ2v) is 6.50. The standard InChI is InChI=1S/C14H19N3O2S/c1-4-12-7-5-6-8-13(12)17-14(9-10-15-17)20(18,19)16-11(2)3/h5-11,16H,4H2,1-3H3. The summed E-state index contributed by atoms with van der Waals surface area (Å²) < 4.78 is 28.7. The van der Waals surface area contributed by atoms with Gasteiger partial charge in [0.05, 0.1) is 11.9 Å². The van der Waals surface area contributed by atoms with Crippen LogP contribution in [0.1, 0.15) is 26.3 Å². The van der Waals surface area contributed by atoms with Crippen LogP contribution in [0.2, 0.25) is 0 Å². The van der Waals surface area contributed by atoms with E-state index in [9.17, 15) is 8.42 Å². The minimum absolute atomic E-state index is 0.159. The molecule has 0 saturated carbocycles. The van der Waals surface area contributed by atoms with Crippen LogP contribution in [0, 0.1) is 0 Å². The fraction of sp³-hybridized carbons (Fsp3) is 0.357. The van der Waals surface area contributed by atoms with Crippen molar-refractivity contribution in [3.8, 4) is 5.69 Å². The van der Waals surface area contributed by atoms with Crippen LogP contribution >= 0.6 is 0 Å². The molecule has 1 aromatic heterocycles. The van der Waals surface area contributed by atoms with Crippen LogP contribution in [0.15, 0.2) is 41.6 Å². The maximum absolute atomic E-state index is 12.3. The summed E-state index contributed by atoms with van der Waals surface area (Å²) in [5.74, 6) is 0. The summed E-state index contributed by atoms with van der Waals surface area (Å²) in [6.07, 6.45) is 2.31. The molecule has 0 fully saturated rings. The Morgan fingerprint density at radius 2 is 1.95 bits per heavy atom. The first kappa shape index (κ1) is 14.7. The molecule has 1 heterocycles. The summed E-state index contributed by atoms with van der Waals surface area (Å²) in [5.41, 5.74) is 1.85. The molecule has 1 N–H and O–H groups in total. The minimum atomic E-state index is -3.57. The number of benzene rings is 1. The lowest BCUT2D eigenvalue weighted by Crippen LogP contribution is -2.31. The molecule has 6 heteroatoms. The first-order valence-electron chi connectivity index (χ1n) is 6.60. The quantitative estimate of drug-likeness (QED) is 0.918. The molecule has 0 saturated heterocycles. The van der Waals surface area contributed by atoms with Crippen molar-refractivity contribution in [3.05, 3.63) is 42.1 Å². The number of hydrogen-bond donors (Lipinski definition) is 1. The van der Waals surface area contributed by atoms with Gasteiger partial charge in [0.15, 0.2) is 5.03 Å². The van der Waals surface area contributed by atoms with Crippen molar-refractivity contribution < 1.29 is 8.42 Å². The third kappa shape index (κ3) is 2.91. The highest BCUT2D eigenvalue weighted by Crippen LogP contribution is 2.19. The number of nitrogens with one attached hydrogen (secondary N) is 1. The normalized spacial score (nSPS) is 12.0. The summed E-state index contributed by atoms with van der Waals surface area (Å²) in [7, 11) is -3.57. The molecular weight excluding hydrogens is 274 g/mol. The fourth-order valence-corrected chi connectivity index (χ4v) is 3.42. The lowest BCUT2D eigenvalue weighted by molar-refractivity contribution is 0.560. The van der Waals surface area contributed by atoms with Gasteiger partial charge in [0.25, 0.3) is 10.0 Å². The van der Waals surface area contributed by atoms with Crippen molar-refractivity contribution >= 4 is 10.0 Å². The summed E-state index contributed by atoms with van der Waals surface area (Å²) in [4.78, 5) is 0. The minimum Gasteiger partial charge on any atom is -0.220 e. The Bertz CT molecular complexity index is 690. The Hall–Kier alpha value is -1.66. The van der Waals surface area contributed by atoms with Gasteiger partial charge in [0.2, 0.25) is 0 Å². The molecule has 0 amide bonds. The van der Waals surface area contributed by atoms with Crippen molar-refractivity contribution in [1.29, 1.82) is 0 Å². The van der Waals surface area contributed by atoms with E-state index in [1.54, 1.807) is 13.8 Å². The molecule has 108 valence electrons. The molecule has 0 bridgehead atoms. The zero-order valence-corrected chi connectivity index (χ0v) is 12.7. The molecule has 2 aromatic rings. The molecular formula is C14H19N3O2S. The Kier molecular flexibility index (Phi) is 4.25. The Balaban J connectivity index is 2.54. The van der Waals surface area contributed by atoms with Crippen LogP contribution in [0.25, 0.3) is 5.69 Å². The third-order valence-electron chi connectivity index (χ3n) is 2.87. The Morgan fingerprint density at radius 1 is 1.25 bits per heavy atom. The van der Waals surface area contributed by atoms with E-state index in [1.807, 2.05) is 31.2 Å². The molecule has 5 nitrogen and oxygen atoms in total. The second kappa shape index (κ2) is 5.76. The van der Waals surface area contributed by atoms with E-state index in [1.165, 1.54) is 16.9 Å². The number of nitrogens with zero attached hydrogens (tertiary/aromatic N) is 2. The van der Waals surface area contributed by atoms with Crippen molar-refractivity contribution in [1.82, 2.24) is 14.5 Å². The van der Waals surface area contributed by atoms with Crippen LogP contribution in [-0.2, 0) is 16.4 Å². The van der Waals surface area contributed by atoms with E-state index >= 15 is 0 Å². The van der Waals surface area contributed by atoms with Gasteiger partial charge in [-0.25, -0.2) is 17.8 Å². The number of rotatable bonds is 5. The van der Waals surface area contributed by atoms with Crippen molar-refractivity contribution in [2.75, 3.05) is 0 Å². The first-order valence-corrected chi connectivity index (χ1v) is 8.08. The molecule has 0 aliphatic rings. The maximum atomic E-state index is 12.3. The second-order valence-electron chi connectivity index (χ2n) is 4.84. The molecule has 0 spiro atoms. The van der Waals surface area contributed by atoms with Crippen LogP contribution < -0.4 is 4.72 Å². The maximum Gasteiger partial charge on any atom is 0.258 e. The molecule has 2 rings (SSSR count). The summed E-state index contributed by atoms with van der Waals surface area (Å²) >= 11 is 0. The monoisotopic (exact) mass is 293 g/mol. The highest BCUT2D eigenvalue weighted by molar-refractivity contribution is 7.89. The Morgan fingerprint density at radius 3 is 2.60 bits per heavy atom. The topological polar surface area (TPSA) is 64.0 Å². The van der Waals surface area contributed by atoms with Crippen LogP contribution in [0.3, 0.4) is 0 Å². The highest BCUT2D eigenvalue weighted by atomic mass is 32.2. The molecule has 20 heavy (non-hydrogen) atoms. The first-order chi connectivity index (χ1) is 9.45. The van der Waals surface area contributed by atoms with Gasteiger partial charge < -0.3 is 0 Å². The van der Waals surface area contributed by atoms with Gasteiger partial charge in [-0.1, -0.05) is 25.1 Å². The molecule has 0 aliphatic carbocycles. The van der Waals surface area contributed by atoms with Gasteiger partial charge in [-0.2, -0.15) is 5.10 Å². The van der Waals surface area contributed by atoms with Crippen LogP contribution in [0.4, 0.5) is 0 Å². The van der Waals surface area contributed by atoms with E-state index < -0.39 is 10.0 Å². The molecule has 0 radical (unpaired) electrons. The molecule has 1 aromatic carbocycles. The van der Waals surface area contributed by atoms with Gasteiger partial charge in [0.1, 0.15) is 0 Å². The van der Waals surface area contributed by atoms with Gasteiger partial charge in [0, 0.05) is 6.04 Å². The smallest absolute Gasteiger partial charge is 0.220 e. The molecule has 0 unspecified atom stereocenters. The van der Waals surface area contributed by atoms with E-state index in [2.05, 4.69) is 9.82 Å². The van der Waals surface area contributed by atoms with Gasteiger partial charge >= 0.3 is 0 Å². The number of para-hydroxylation sites is 1. The molecule has 0 aliphatic heterocycles. The fourth-order valence-electron chi connectivity index (χ4n) is 2.06. The SMILES string of the molecule is CCc1ccccc1-n1nccc1S(=O)(=O)NC(C)C. The van der Waals surface area contributed by atoms with E-state index in [-0.39, 0.29) is 11.1 Å². The number of aromatic nitrogens is 2. The van der Waals surface area contributed by atoms with Gasteiger partial charge in [-0.05, 0) is 38.0 Å². The summed E-state index contributed by atoms with van der Waals surface area (Å²) in [6, 6.07) is 9.01. The molecule has 0 atom stereocenters. The largest absolute Gasteiger partial charge is 0.258 e.